The van der Waals surface area contributed by atoms with Crippen LogP contribution in [0.1, 0.15) is 26.3 Å². The van der Waals surface area contributed by atoms with Crippen molar-refractivity contribution in [3.63, 3.8) is 0 Å². The molecule has 12 aromatic carbocycles. The van der Waals surface area contributed by atoms with Crippen LogP contribution in [0.15, 0.2) is 176 Å². The summed E-state index contributed by atoms with van der Waals surface area (Å²) in [5.74, 6) is 0. The Morgan fingerprint density at radius 2 is 0.724 bits per heavy atom. The van der Waals surface area contributed by atoms with Crippen LogP contribution < -0.4 is 0 Å². The van der Waals surface area contributed by atoms with E-state index in [-0.39, 0.29) is 5.41 Å². The summed E-state index contributed by atoms with van der Waals surface area (Å²) in [6.45, 7) is 6.96. The Kier molecular flexibility index (Phi) is 6.26. The Labute approximate surface area is 336 Å². The number of hydrogen-bond donors (Lipinski definition) is 0. The molecular formula is C58H38. The molecule has 0 unspecified atom stereocenters. The zero-order valence-electron chi connectivity index (χ0n) is 32.7. The Morgan fingerprint density at radius 1 is 0.276 bits per heavy atom. The minimum absolute atomic E-state index is 0.0243. The second-order valence-electron chi connectivity index (χ2n) is 17.5. The first-order valence-electron chi connectivity index (χ1n) is 20.6. The SMILES string of the molecule is CC(C)(C)c1ccc2c(c1)c1ccccc1c1c(-c3ccccc3)c3cc4c(cc3c(-c3ccccc3)c21)-c1ccc2c3cccc5cccc(c6ccc-4c1c62)c53. The highest BCUT2D eigenvalue weighted by molar-refractivity contribution is 6.40. The summed E-state index contributed by atoms with van der Waals surface area (Å²) in [7, 11) is 0. The van der Waals surface area contributed by atoms with Crippen LogP contribution in [0.5, 0.6) is 0 Å². The summed E-state index contributed by atoms with van der Waals surface area (Å²) < 4.78 is 0. The van der Waals surface area contributed by atoms with Gasteiger partial charge >= 0.3 is 0 Å². The molecule has 0 heterocycles. The van der Waals surface area contributed by atoms with Gasteiger partial charge in [0.1, 0.15) is 0 Å². The molecule has 0 bridgehead atoms. The molecule has 1 aliphatic carbocycles. The molecule has 0 N–H and O–H groups in total. The van der Waals surface area contributed by atoms with Gasteiger partial charge < -0.3 is 0 Å². The lowest BCUT2D eigenvalue weighted by Gasteiger charge is -2.24. The Bertz CT molecular complexity index is 3680. The normalized spacial score (nSPS) is 12.7. The smallest absolute Gasteiger partial charge is 0.000763 e. The van der Waals surface area contributed by atoms with Crippen molar-refractivity contribution in [2.75, 3.05) is 0 Å². The van der Waals surface area contributed by atoms with Gasteiger partial charge in [-0.05, 0) is 160 Å². The van der Waals surface area contributed by atoms with E-state index < -0.39 is 0 Å². The van der Waals surface area contributed by atoms with Crippen molar-refractivity contribution in [3.8, 4) is 44.5 Å². The topological polar surface area (TPSA) is 0 Å². The average Bonchev–Trinajstić information content (AvgIpc) is 3.58. The Balaban J connectivity index is 1.26. The van der Waals surface area contributed by atoms with E-state index in [9.17, 15) is 0 Å². The molecule has 0 nitrogen and oxygen atoms in total. The monoisotopic (exact) mass is 734 g/mol. The van der Waals surface area contributed by atoms with E-state index in [2.05, 4.69) is 197 Å². The molecule has 0 saturated carbocycles. The van der Waals surface area contributed by atoms with Crippen LogP contribution in [0.3, 0.4) is 0 Å². The van der Waals surface area contributed by atoms with Crippen LogP contribution in [0, 0.1) is 0 Å². The van der Waals surface area contributed by atoms with Crippen molar-refractivity contribution in [2.24, 2.45) is 0 Å². The molecular weight excluding hydrogens is 697 g/mol. The lowest BCUT2D eigenvalue weighted by Crippen LogP contribution is -2.10. The van der Waals surface area contributed by atoms with Gasteiger partial charge in [0.25, 0.3) is 0 Å². The van der Waals surface area contributed by atoms with Crippen LogP contribution in [-0.4, -0.2) is 0 Å². The fourth-order valence-corrected chi connectivity index (χ4v) is 10.9. The highest BCUT2D eigenvalue weighted by atomic mass is 14.3. The van der Waals surface area contributed by atoms with Gasteiger partial charge in [0.05, 0.1) is 0 Å². The summed E-state index contributed by atoms with van der Waals surface area (Å²) in [4.78, 5) is 0. The maximum Gasteiger partial charge on any atom is -0.000763 e. The standard InChI is InChI=1S/C58H38/c1-58(2,3)36-24-25-45-46(30-36)37-20-10-11-21-38(37)56-52(34-14-6-4-7-15-34)49-31-47-43-28-26-41-39-22-12-18-33-19-13-23-40(51(33)39)42-27-29-44(55(43)54(41)42)48(47)32-50(49)53(57(45)56)35-16-8-5-9-17-35/h4-32H,1-3H3. The minimum atomic E-state index is 0.0243. The molecule has 12 aromatic rings. The van der Waals surface area contributed by atoms with Gasteiger partial charge in [-0.15, -0.1) is 0 Å². The molecule has 0 fully saturated rings. The van der Waals surface area contributed by atoms with E-state index in [1.165, 1.54) is 136 Å². The zero-order valence-corrected chi connectivity index (χ0v) is 32.7. The summed E-state index contributed by atoms with van der Waals surface area (Å²) in [5.41, 5.74) is 11.8. The van der Waals surface area contributed by atoms with Crippen molar-refractivity contribution in [2.45, 2.75) is 26.2 Å². The number of benzene rings is 12. The first-order chi connectivity index (χ1) is 28.4. The Morgan fingerprint density at radius 3 is 1.28 bits per heavy atom. The van der Waals surface area contributed by atoms with Gasteiger partial charge in [-0.2, -0.15) is 0 Å². The lowest BCUT2D eigenvalue weighted by molar-refractivity contribution is 0.591. The molecule has 1 aliphatic rings. The summed E-state index contributed by atoms with van der Waals surface area (Å²) in [6, 6.07) is 67.0. The van der Waals surface area contributed by atoms with E-state index in [1.54, 1.807) is 0 Å². The Hall–Kier alpha value is -7.02. The third-order valence-electron chi connectivity index (χ3n) is 13.4. The molecule has 13 rings (SSSR count). The van der Waals surface area contributed by atoms with E-state index in [0.717, 1.165) is 0 Å². The van der Waals surface area contributed by atoms with Crippen molar-refractivity contribution in [1.29, 1.82) is 0 Å². The summed E-state index contributed by atoms with van der Waals surface area (Å²) in [6.07, 6.45) is 0. The molecule has 58 heavy (non-hydrogen) atoms. The van der Waals surface area contributed by atoms with E-state index in [1.807, 2.05) is 0 Å². The van der Waals surface area contributed by atoms with Crippen LogP contribution in [0.4, 0.5) is 0 Å². The van der Waals surface area contributed by atoms with Gasteiger partial charge in [0, 0.05) is 0 Å². The molecule has 0 heteroatoms. The molecule has 270 valence electrons. The fourth-order valence-electron chi connectivity index (χ4n) is 10.9. The molecule has 0 spiro atoms. The first-order valence-corrected chi connectivity index (χ1v) is 20.6. The molecule has 0 aliphatic heterocycles. The predicted octanol–water partition coefficient (Wildman–Crippen LogP) is 16.6. The fraction of sp³-hybridized carbons (Fsp3) is 0.0690. The third kappa shape index (κ3) is 4.14. The molecule has 0 atom stereocenters. The largest absolute Gasteiger partial charge is 0.0622 e. The summed E-state index contributed by atoms with van der Waals surface area (Å²) >= 11 is 0. The molecule has 0 aromatic heterocycles. The molecule has 0 radical (unpaired) electrons. The average molecular weight is 735 g/mol. The minimum Gasteiger partial charge on any atom is -0.0622 e. The second-order valence-corrected chi connectivity index (χ2v) is 17.5. The molecule has 0 saturated heterocycles. The first kappa shape index (κ1) is 32.1. The van der Waals surface area contributed by atoms with Crippen LogP contribution in [-0.2, 0) is 5.41 Å². The van der Waals surface area contributed by atoms with Crippen LogP contribution in [0.25, 0.3) is 131 Å². The maximum atomic E-state index is 2.55. The lowest BCUT2D eigenvalue weighted by atomic mass is 9.79. The second kappa shape index (κ2) is 11.3. The highest BCUT2D eigenvalue weighted by Crippen LogP contribution is 2.56. The van der Waals surface area contributed by atoms with E-state index >= 15 is 0 Å². The summed E-state index contributed by atoms with van der Waals surface area (Å²) in [5, 5.41) is 21.2. The van der Waals surface area contributed by atoms with Crippen molar-refractivity contribution >= 4 is 86.2 Å². The van der Waals surface area contributed by atoms with Crippen LogP contribution in [0.2, 0.25) is 0 Å². The number of rotatable bonds is 2. The van der Waals surface area contributed by atoms with Gasteiger partial charge in [-0.1, -0.05) is 178 Å². The van der Waals surface area contributed by atoms with Crippen LogP contribution >= 0.6 is 0 Å². The van der Waals surface area contributed by atoms with Crippen molar-refractivity contribution < 1.29 is 0 Å². The quantitative estimate of drug-likeness (QED) is 0.123. The zero-order chi connectivity index (χ0) is 38.4. The van der Waals surface area contributed by atoms with Crippen molar-refractivity contribution in [3.05, 3.63) is 181 Å². The number of hydrogen-bond acceptors (Lipinski definition) is 0. The van der Waals surface area contributed by atoms with Gasteiger partial charge in [0.2, 0.25) is 0 Å². The third-order valence-corrected chi connectivity index (χ3v) is 13.4. The van der Waals surface area contributed by atoms with Crippen molar-refractivity contribution in [1.82, 2.24) is 0 Å². The van der Waals surface area contributed by atoms with Gasteiger partial charge in [-0.3, -0.25) is 0 Å². The highest BCUT2D eigenvalue weighted by Gasteiger charge is 2.29. The predicted molar refractivity (Wildman–Crippen MR) is 252 cm³/mol. The molecule has 0 amide bonds. The number of fused-ring (bicyclic) bond motifs is 12. The van der Waals surface area contributed by atoms with E-state index in [0.29, 0.717) is 0 Å². The van der Waals surface area contributed by atoms with Gasteiger partial charge in [0.15, 0.2) is 0 Å². The maximum absolute atomic E-state index is 2.55. The van der Waals surface area contributed by atoms with Gasteiger partial charge in [-0.25, -0.2) is 0 Å². The van der Waals surface area contributed by atoms with E-state index in [4.69, 9.17) is 0 Å².